The van der Waals surface area contributed by atoms with Crippen LogP contribution in [0.3, 0.4) is 0 Å². The first-order chi connectivity index (χ1) is 15.6. The van der Waals surface area contributed by atoms with Gasteiger partial charge in [0.2, 0.25) is 0 Å². The molecule has 1 aliphatic rings. The maximum Gasteiger partial charge on any atom is 0.497 e. The number of H-pyrrole nitrogens is 1. The van der Waals surface area contributed by atoms with Crippen molar-refractivity contribution in [2.75, 3.05) is 7.11 Å². The number of carbonyl (C=O) groups excluding carboxylic acids is 1. The second-order valence-corrected chi connectivity index (χ2v) is 8.54. The summed E-state index contributed by atoms with van der Waals surface area (Å²) in [6.45, 7) is 12.1. The molecule has 1 aromatic carbocycles. The van der Waals surface area contributed by atoms with Crippen molar-refractivity contribution in [3.8, 4) is 5.75 Å². The Balaban J connectivity index is 0.00000149. The largest absolute Gasteiger partial charge is 0.497 e. The quantitative estimate of drug-likeness (QED) is 0.569. The number of ether oxygens (including phenoxy) is 1. The van der Waals surface area contributed by atoms with Crippen LogP contribution in [0.2, 0.25) is 0 Å². The highest BCUT2D eigenvalue weighted by molar-refractivity contribution is 6.65. The molecule has 0 unspecified atom stereocenters. The van der Waals surface area contributed by atoms with Crippen molar-refractivity contribution in [1.82, 2.24) is 15.3 Å². The highest BCUT2D eigenvalue weighted by atomic mass is 19.1. The molecule has 9 heteroatoms. The van der Waals surface area contributed by atoms with Gasteiger partial charge >= 0.3 is 7.12 Å². The molecule has 1 fully saturated rings. The Morgan fingerprint density at radius 2 is 1.85 bits per heavy atom. The van der Waals surface area contributed by atoms with E-state index in [0.29, 0.717) is 11.4 Å². The van der Waals surface area contributed by atoms with Gasteiger partial charge in [-0.25, -0.2) is 4.39 Å². The molecule has 0 bridgehead atoms. The van der Waals surface area contributed by atoms with Gasteiger partial charge in [0.1, 0.15) is 11.6 Å². The highest BCUT2D eigenvalue weighted by Gasteiger charge is 2.52. The van der Waals surface area contributed by atoms with E-state index in [2.05, 4.69) is 15.3 Å². The van der Waals surface area contributed by atoms with Crippen LogP contribution >= 0.6 is 0 Å². The molecule has 2 N–H and O–H groups in total. The molecule has 2 aromatic heterocycles. The standard InChI is InChI=1S/C22H25BFN3O4.C2H6/c1-21(2)22(3,4)31-23(30-21)16-11-26-17(19-14(16)8-9-25-19)12-27-20(28)15-10-13(24)6-7-18(15)29-5;1-2/h6-11,25H,12H2,1-5H3,(H,27,28);1-2H3. The Labute approximate surface area is 194 Å². The van der Waals surface area contributed by atoms with E-state index in [1.54, 1.807) is 6.20 Å². The molecule has 0 atom stereocenters. The monoisotopic (exact) mass is 455 g/mol. The number of pyridine rings is 1. The molecule has 3 heterocycles. The van der Waals surface area contributed by atoms with E-state index in [9.17, 15) is 9.18 Å². The summed E-state index contributed by atoms with van der Waals surface area (Å²) in [4.78, 5) is 20.3. The molecule has 0 radical (unpaired) electrons. The van der Waals surface area contributed by atoms with Crippen LogP contribution in [0.15, 0.2) is 36.7 Å². The second kappa shape index (κ2) is 9.53. The zero-order valence-corrected chi connectivity index (χ0v) is 20.2. The number of aromatic nitrogens is 2. The SMILES string of the molecule is CC.COc1ccc(F)cc1C(=O)NCc1ncc(B2OC(C)(C)C(C)(C)O2)c2cc[nH]c12. The molecular formula is C24H31BFN3O4. The molecule has 1 amide bonds. The van der Waals surface area contributed by atoms with Crippen molar-refractivity contribution >= 4 is 29.4 Å². The predicted molar refractivity (Wildman–Crippen MR) is 127 cm³/mol. The maximum atomic E-state index is 13.6. The molecule has 0 spiro atoms. The zero-order chi connectivity index (χ0) is 24.4. The van der Waals surface area contributed by atoms with E-state index < -0.39 is 30.0 Å². The van der Waals surface area contributed by atoms with E-state index in [1.165, 1.54) is 19.2 Å². The van der Waals surface area contributed by atoms with Crippen LogP contribution < -0.4 is 15.5 Å². The minimum absolute atomic E-state index is 0.124. The van der Waals surface area contributed by atoms with Gasteiger partial charge in [-0.1, -0.05) is 13.8 Å². The van der Waals surface area contributed by atoms with Crippen molar-refractivity contribution in [2.24, 2.45) is 0 Å². The third kappa shape index (κ3) is 4.74. The van der Waals surface area contributed by atoms with Gasteiger partial charge in [-0.2, -0.15) is 0 Å². The van der Waals surface area contributed by atoms with Gasteiger partial charge in [0.05, 0.1) is 41.6 Å². The molecule has 7 nitrogen and oxygen atoms in total. The maximum absolute atomic E-state index is 13.6. The fraction of sp³-hybridized carbons (Fsp3) is 0.417. The average Bonchev–Trinajstić information content (AvgIpc) is 3.35. The van der Waals surface area contributed by atoms with Crippen LogP contribution in [0.5, 0.6) is 5.75 Å². The molecule has 176 valence electrons. The number of halogens is 1. The molecule has 0 aliphatic carbocycles. The first-order valence-electron chi connectivity index (χ1n) is 11.1. The van der Waals surface area contributed by atoms with E-state index in [-0.39, 0.29) is 12.1 Å². The van der Waals surface area contributed by atoms with Crippen LogP contribution in [0.1, 0.15) is 57.6 Å². The number of carbonyl (C=O) groups is 1. The summed E-state index contributed by atoms with van der Waals surface area (Å²) >= 11 is 0. The smallest absolute Gasteiger partial charge is 0.496 e. The highest BCUT2D eigenvalue weighted by Crippen LogP contribution is 2.37. The Kier molecular flexibility index (Phi) is 7.14. The molecule has 3 aromatic rings. The Morgan fingerprint density at radius 3 is 2.48 bits per heavy atom. The lowest BCUT2D eigenvalue weighted by atomic mass is 9.78. The van der Waals surface area contributed by atoms with Gasteiger partial charge in [-0.05, 0) is 52.0 Å². The summed E-state index contributed by atoms with van der Waals surface area (Å²) in [6.07, 6.45) is 3.52. The first-order valence-corrected chi connectivity index (χ1v) is 11.1. The van der Waals surface area contributed by atoms with Gasteiger partial charge in [0.15, 0.2) is 0 Å². The van der Waals surface area contributed by atoms with Gasteiger partial charge in [0.25, 0.3) is 5.91 Å². The van der Waals surface area contributed by atoms with E-state index in [4.69, 9.17) is 14.0 Å². The summed E-state index contributed by atoms with van der Waals surface area (Å²) in [5, 5.41) is 3.69. The number of fused-ring (bicyclic) bond motifs is 1. The molecule has 1 aliphatic heterocycles. The lowest BCUT2D eigenvalue weighted by Crippen LogP contribution is -2.41. The van der Waals surface area contributed by atoms with Crippen molar-refractivity contribution < 1.29 is 23.2 Å². The number of hydrogen-bond donors (Lipinski definition) is 2. The van der Waals surface area contributed by atoms with Gasteiger partial charge in [0, 0.05) is 23.2 Å². The number of hydrogen-bond acceptors (Lipinski definition) is 5. The lowest BCUT2D eigenvalue weighted by Gasteiger charge is -2.32. The third-order valence-electron chi connectivity index (χ3n) is 6.04. The summed E-state index contributed by atoms with van der Waals surface area (Å²) in [7, 11) is 0.888. The molecular weight excluding hydrogens is 424 g/mol. The first kappa shape index (κ1) is 24.7. The number of nitrogens with zero attached hydrogens (tertiary/aromatic N) is 1. The Hall–Kier alpha value is -2.91. The Morgan fingerprint density at radius 1 is 1.18 bits per heavy atom. The van der Waals surface area contributed by atoms with Crippen LogP contribution in [0.4, 0.5) is 4.39 Å². The zero-order valence-electron chi connectivity index (χ0n) is 20.2. The second-order valence-electron chi connectivity index (χ2n) is 8.54. The van der Waals surface area contributed by atoms with Gasteiger partial charge < -0.3 is 24.3 Å². The van der Waals surface area contributed by atoms with Crippen LogP contribution in [-0.4, -0.2) is 41.3 Å². The third-order valence-corrected chi connectivity index (χ3v) is 6.04. The van der Waals surface area contributed by atoms with Crippen LogP contribution in [-0.2, 0) is 15.9 Å². The van der Waals surface area contributed by atoms with Crippen molar-refractivity contribution in [3.63, 3.8) is 0 Å². The predicted octanol–water partition coefficient (Wildman–Crippen LogP) is 3.97. The summed E-state index contributed by atoms with van der Waals surface area (Å²) in [5.74, 6) is -0.663. The molecule has 1 saturated heterocycles. The number of rotatable bonds is 5. The number of methoxy groups -OCH3 is 1. The minimum atomic E-state index is -0.545. The van der Waals surface area contributed by atoms with Crippen molar-refractivity contribution in [1.29, 1.82) is 0 Å². The number of amides is 1. The van der Waals surface area contributed by atoms with Crippen molar-refractivity contribution in [3.05, 3.63) is 53.7 Å². The fourth-order valence-corrected chi connectivity index (χ4v) is 3.54. The van der Waals surface area contributed by atoms with E-state index in [0.717, 1.165) is 22.4 Å². The van der Waals surface area contributed by atoms with E-state index in [1.807, 2.05) is 53.8 Å². The van der Waals surface area contributed by atoms with E-state index >= 15 is 0 Å². The van der Waals surface area contributed by atoms with Crippen molar-refractivity contribution in [2.45, 2.75) is 59.3 Å². The summed E-state index contributed by atoms with van der Waals surface area (Å²) in [6, 6.07) is 5.74. The Bertz CT molecular complexity index is 1130. The molecule has 0 saturated carbocycles. The topological polar surface area (TPSA) is 85.5 Å². The van der Waals surface area contributed by atoms with Gasteiger partial charge in [-0.3, -0.25) is 9.78 Å². The summed E-state index contributed by atoms with van der Waals surface area (Å²) < 4.78 is 31.1. The molecule has 33 heavy (non-hydrogen) atoms. The van der Waals surface area contributed by atoms with Crippen LogP contribution in [0, 0.1) is 5.82 Å². The normalized spacial score (nSPS) is 16.3. The minimum Gasteiger partial charge on any atom is -0.496 e. The lowest BCUT2D eigenvalue weighted by molar-refractivity contribution is 0.00578. The number of nitrogens with one attached hydrogen (secondary N) is 2. The molecule has 4 rings (SSSR count). The number of aromatic amines is 1. The summed E-state index contributed by atoms with van der Waals surface area (Å²) in [5.41, 5.74) is 1.44. The number of benzene rings is 1. The van der Waals surface area contributed by atoms with Gasteiger partial charge in [-0.15, -0.1) is 0 Å². The fourth-order valence-electron chi connectivity index (χ4n) is 3.54. The van der Waals surface area contributed by atoms with Crippen LogP contribution in [0.25, 0.3) is 10.9 Å². The average molecular weight is 455 g/mol.